The van der Waals surface area contributed by atoms with E-state index < -0.39 is 5.97 Å². The molecule has 0 spiro atoms. The van der Waals surface area contributed by atoms with Gasteiger partial charge < -0.3 is 10.0 Å². The molecule has 3 rings (SSSR count). The molecule has 1 N–H and O–H groups in total. The van der Waals surface area contributed by atoms with Gasteiger partial charge in [-0.3, -0.25) is 14.6 Å². The third-order valence-corrected chi connectivity index (χ3v) is 4.46. The van der Waals surface area contributed by atoms with Gasteiger partial charge in [-0.1, -0.05) is 0 Å². The average molecular weight is 274 g/mol. The average Bonchev–Trinajstić information content (AvgIpc) is 2.70. The minimum absolute atomic E-state index is 0.0636. The highest BCUT2D eigenvalue weighted by atomic mass is 16.4. The lowest BCUT2D eigenvalue weighted by molar-refractivity contribution is -0.138. The van der Waals surface area contributed by atoms with Crippen LogP contribution in [0.25, 0.3) is 0 Å². The van der Waals surface area contributed by atoms with E-state index in [-0.39, 0.29) is 30.3 Å². The van der Waals surface area contributed by atoms with Crippen molar-refractivity contribution in [1.82, 2.24) is 9.88 Å². The molecule has 0 radical (unpaired) electrons. The molecule has 3 heterocycles. The first-order valence-electron chi connectivity index (χ1n) is 7.09. The van der Waals surface area contributed by atoms with E-state index in [4.69, 9.17) is 5.11 Å². The summed E-state index contributed by atoms with van der Waals surface area (Å²) in [6.07, 6.45) is 7.12. The molecular formula is C15H18N2O3. The van der Waals surface area contributed by atoms with Gasteiger partial charge in [0.05, 0.1) is 0 Å². The van der Waals surface area contributed by atoms with Crippen molar-refractivity contribution in [1.29, 1.82) is 0 Å². The van der Waals surface area contributed by atoms with Crippen LogP contribution in [0.5, 0.6) is 0 Å². The van der Waals surface area contributed by atoms with Crippen molar-refractivity contribution in [2.75, 3.05) is 0 Å². The Labute approximate surface area is 117 Å². The van der Waals surface area contributed by atoms with Gasteiger partial charge in [-0.15, -0.1) is 0 Å². The number of fused-ring (bicyclic) bond motifs is 2. The van der Waals surface area contributed by atoms with Crippen LogP contribution in [0.4, 0.5) is 0 Å². The predicted molar refractivity (Wildman–Crippen MR) is 72.2 cm³/mol. The summed E-state index contributed by atoms with van der Waals surface area (Å²) < 4.78 is 0. The summed E-state index contributed by atoms with van der Waals surface area (Å²) in [5.74, 6) is -0.455. The van der Waals surface area contributed by atoms with Crippen molar-refractivity contribution in [2.45, 2.75) is 44.2 Å². The number of carbonyl (C=O) groups is 2. The Morgan fingerprint density at radius 3 is 2.35 bits per heavy atom. The molecule has 0 aromatic carbocycles. The molecule has 5 heteroatoms. The second-order valence-electron chi connectivity index (χ2n) is 5.77. The number of nitrogens with zero attached hydrogens (tertiary/aromatic N) is 2. The van der Waals surface area contributed by atoms with Crippen molar-refractivity contribution >= 4 is 11.9 Å². The zero-order valence-electron chi connectivity index (χ0n) is 11.2. The van der Waals surface area contributed by atoms with E-state index in [1.54, 1.807) is 24.5 Å². The monoisotopic (exact) mass is 274 g/mol. The maximum absolute atomic E-state index is 12.6. The smallest absolute Gasteiger partial charge is 0.303 e. The van der Waals surface area contributed by atoms with E-state index in [1.165, 1.54) is 0 Å². The molecule has 2 unspecified atom stereocenters. The number of amides is 1. The lowest BCUT2D eigenvalue weighted by atomic mass is 9.88. The van der Waals surface area contributed by atoms with Crippen molar-refractivity contribution in [3.63, 3.8) is 0 Å². The van der Waals surface area contributed by atoms with Gasteiger partial charge in [0.1, 0.15) is 0 Å². The summed E-state index contributed by atoms with van der Waals surface area (Å²) in [5.41, 5.74) is 0.675. The van der Waals surface area contributed by atoms with Crippen LogP contribution in [-0.2, 0) is 4.79 Å². The molecule has 2 aliphatic heterocycles. The summed E-state index contributed by atoms with van der Waals surface area (Å²) in [6, 6.07) is 3.90. The van der Waals surface area contributed by atoms with Crippen LogP contribution in [0, 0.1) is 5.92 Å². The number of aromatic nitrogens is 1. The molecule has 1 aromatic rings. The maximum Gasteiger partial charge on any atom is 0.303 e. The van der Waals surface area contributed by atoms with Crippen LogP contribution in [0.15, 0.2) is 24.5 Å². The second-order valence-corrected chi connectivity index (χ2v) is 5.77. The SMILES string of the molecule is O=C(O)CC1CC2CCC(C1)N2C(=O)c1ccncc1. The summed E-state index contributed by atoms with van der Waals surface area (Å²) in [7, 11) is 0. The Bertz CT molecular complexity index is 503. The lowest BCUT2D eigenvalue weighted by Gasteiger charge is -2.38. The lowest BCUT2D eigenvalue weighted by Crippen LogP contribution is -2.46. The number of carbonyl (C=O) groups excluding carboxylic acids is 1. The summed E-state index contributed by atoms with van der Waals surface area (Å²) in [6.45, 7) is 0. The Morgan fingerprint density at radius 2 is 1.80 bits per heavy atom. The van der Waals surface area contributed by atoms with Crippen LogP contribution in [-0.4, -0.2) is 39.0 Å². The Hall–Kier alpha value is -1.91. The Morgan fingerprint density at radius 1 is 1.20 bits per heavy atom. The van der Waals surface area contributed by atoms with Gasteiger partial charge in [-0.2, -0.15) is 0 Å². The van der Waals surface area contributed by atoms with Crippen LogP contribution >= 0.6 is 0 Å². The molecular weight excluding hydrogens is 256 g/mol. The highest BCUT2D eigenvalue weighted by Gasteiger charge is 2.43. The van der Waals surface area contributed by atoms with Crippen molar-refractivity contribution < 1.29 is 14.7 Å². The molecule has 106 valence electrons. The van der Waals surface area contributed by atoms with Crippen molar-refractivity contribution in [3.05, 3.63) is 30.1 Å². The number of aliphatic carboxylic acids is 1. The number of rotatable bonds is 3. The minimum atomic E-state index is -0.733. The van der Waals surface area contributed by atoms with Gasteiger partial charge in [-0.25, -0.2) is 0 Å². The van der Waals surface area contributed by atoms with Gasteiger partial charge >= 0.3 is 5.97 Å². The zero-order valence-corrected chi connectivity index (χ0v) is 11.2. The number of carboxylic acids is 1. The molecule has 2 bridgehead atoms. The predicted octanol–water partition coefficient (Wildman–Crippen LogP) is 1.94. The quantitative estimate of drug-likeness (QED) is 0.914. The summed E-state index contributed by atoms with van der Waals surface area (Å²) in [5, 5.41) is 8.92. The minimum Gasteiger partial charge on any atom is -0.481 e. The molecule has 2 saturated heterocycles. The zero-order chi connectivity index (χ0) is 14.1. The van der Waals surface area contributed by atoms with E-state index in [2.05, 4.69) is 4.98 Å². The molecule has 1 amide bonds. The normalized spacial score (nSPS) is 28.4. The van der Waals surface area contributed by atoms with Crippen molar-refractivity contribution in [2.24, 2.45) is 5.92 Å². The first-order valence-corrected chi connectivity index (χ1v) is 7.09. The molecule has 2 atom stereocenters. The van der Waals surface area contributed by atoms with E-state index in [0.717, 1.165) is 25.7 Å². The molecule has 1 aromatic heterocycles. The number of carboxylic acid groups (broad SMARTS) is 1. The molecule has 20 heavy (non-hydrogen) atoms. The van der Waals surface area contributed by atoms with Crippen LogP contribution in [0.2, 0.25) is 0 Å². The third kappa shape index (κ3) is 2.40. The van der Waals surface area contributed by atoms with Crippen molar-refractivity contribution in [3.8, 4) is 0 Å². The highest BCUT2D eigenvalue weighted by molar-refractivity contribution is 5.94. The fourth-order valence-electron chi connectivity index (χ4n) is 3.68. The van der Waals surface area contributed by atoms with Gasteiger partial charge in [0.25, 0.3) is 5.91 Å². The summed E-state index contributed by atoms with van der Waals surface area (Å²) >= 11 is 0. The molecule has 2 fully saturated rings. The molecule has 5 nitrogen and oxygen atoms in total. The van der Waals surface area contributed by atoms with Crippen LogP contribution in [0.3, 0.4) is 0 Å². The second kappa shape index (κ2) is 5.23. The third-order valence-electron chi connectivity index (χ3n) is 4.46. The number of hydrogen-bond acceptors (Lipinski definition) is 3. The molecule has 0 saturated carbocycles. The van der Waals surface area contributed by atoms with Crippen LogP contribution < -0.4 is 0 Å². The standard InChI is InChI=1S/C15H18N2O3/c18-14(19)9-10-7-12-1-2-13(8-10)17(12)15(20)11-3-5-16-6-4-11/h3-6,10,12-13H,1-2,7-9H2,(H,18,19). The fourth-order valence-corrected chi connectivity index (χ4v) is 3.68. The van der Waals surface area contributed by atoms with E-state index in [9.17, 15) is 9.59 Å². The highest BCUT2D eigenvalue weighted by Crippen LogP contribution is 2.40. The Kier molecular flexibility index (Phi) is 3.42. The number of hydrogen-bond donors (Lipinski definition) is 1. The van der Waals surface area contributed by atoms with E-state index in [1.807, 2.05) is 4.90 Å². The first kappa shape index (κ1) is 13.1. The molecule has 2 aliphatic rings. The topological polar surface area (TPSA) is 70.5 Å². The van der Waals surface area contributed by atoms with E-state index in [0.29, 0.717) is 5.56 Å². The van der Waals surface area contributed by atoms with Gasteiger partial charge in [0.15, 0.2) is 0 Å². The maximum atomic E-state index is 12.6. The van der Waals surface area contributed by atoms with Gasteiger partial charge in [-0.05, 0) is 43.7 Å². The van der Waals surface area contributed by atoms with Gasteiger partial charge in [0, 0.05) is 36.5 Å². The van der Waals surface area contributed by atoms with E-state index >= 15 is 0 Å². The number of pyridine rings is 1. The first-order chi connectivity index (χ1) is 9.65. The van der Waals surface area contributed by atoms with Gasteiger partial charge in [0.2, 0.25) is 0 Å². The van der Waals surface area contributed by atoms with Crippen LogP contribution in [0.1, 0.15) is 42.5 Å². The molecule has 0 aliphatic carbocycles. The fraction of sp³-hybridized carbons (Fsp3) is 0.533. The Balaban J connectivity index is 1.74. The summed E-state index contributed by atoms with van der Waals surface area (Å²) in [4.78, 5) is 29.3. The number of piperidine rings is 1. The largest absolute Gasteiger partial charge is 0.481 e.